The second-order valence-electron chi connectivity index (χ2n) is 7.28. The Morgan fingerprint density at radius 3 is 2.67 bits per heavy atom. The molecule has 2 amide bonds. The first-order valence-electron chi connectivity index (χ1n) is 8.24. The third kappa shape index (κ3) is 4.88. The van der Waals surface area contributed by atoms with Gasteiger partial charge in [0.2, 0.25) is 5.91 Å². The van der Waals surface area contributed by atoms with Gasteiger partial charge in [-0.2, -0.15) is 0 Å². The van der Waals surface area contributed by atoms with E-state index in [1.54, 1.807) is 17.0 Å². The first kappa shape index (κ1) is 18.1. The lowest BCUT2D eigenvalue weighted by Gasteiger charge is -2.33. The average Bonchev–Trinajstić information content (AvgIpc) is 2.48. The van der Waals surface area contributed by atoms with Gasteiger partial charge in [-0.1, -0.05) is 6.07 Å². The van der Waals surface area contributed by atoms with E-state index in [9.17, 15) is 14.7 Å². The van der Waals surface area contributed by atoms with Crippen LogP contribution in [-0.2, 0) is 9.53 Å². The van der Waals surface area contributed by atoms with Crippen LogP contribution in [0.15, 0.2) is 18.2 Å². The van der Waals surface area contributed by atoms with Crippen LogP contribution in [0, 0.1) is 12.8 Å². The summed E-state index contributed by atoms with van der Waals surface area (Å²) in [4.78, 5) is 26.2. The summed E-state index contributed by atoms with van der Waals surface area (Å²) in [6.45, 7) is 8.24. The quantitative estimate of drug-likeness (QED) is 0.814. The fourth-order valence-electron chi connectivity index (χ4n) is 2.67. The molecule has 6 heteroatoms. The molecule has 1 aliphatic heterocycles. The third-order valence-corrected chi connectivity index (χ3v) is 3.85. The van der Waals surface area contributed by atoms with Crippen molar-refractivity contribution >= 4 is 17.7 Å². The van der Waals surface area contributed by atoms with E-state index >= 15 is 0 Å². The predicted molar refractivity (Wildman–Crippen MR) is 92.0 cm³/mol. The van der Waals surface area contributed by atoms with Crippen molar-refractivity contribution in [1.82, 2.24) is 4.90 Å². The van der Waals surface area contributed by atoms with E-state index in [1.807, 2.05) is 33.8 Å². The minimum absolute atomic E-state index is 0.0446. The molecular formula is C18H26N2O4. The number of piperidine rings is 1. The highest BCUT2D eigenvalue weighted by Crippen LogP contribution is 2.26. The van der Waals surface area contributed by atoms with Gasteiger partial charge in [-0.15, -0.1) is 0 Å². The van der Waals surface area contributed by atoms with Crippen molar-refractivity contribution in [1.29, 1.82) is 0 Å². The maximum absolute atomic E-state index is 12.5. The number of phenols is 1. The molecule has 1 atom stereocenters. The first-order chi connectivity index (χ1) is 11.2. The van der Waals surface area contributed by atoms with Crippen LogP contribution in [0.5, 0.6) is 5.75 Å². The topological polar surface area (TPSA) is 78.9 Å². The van der Waals surface area contributed by atoms with Crippen molar-refractivity contribution in [2.75, 3.05) is 18.4 Å². The van der Waals surface area contributed by atoms with Crippen LogP contribution >= 0.6 is 0 Å². The van der Waals surface area contributed by atoms with E-state index < -0.39 is 11.7 Å². The Bertz CT molecular complexity index is 622. The molecule has 0 unspecified atom stereocenters. The fraction of sp³-hybridized carbons (Fsp3) is 0.556. The molecule has 0 aromatic heterocycles. The summed E-state index contributed by atoms with van der Waals surface area (Å²) in [7, 11) is 0. The van der Waals surface area contributed by atoms with Gasteiger partial charge in [0, 0.05) is 13.1 Å². The number of benzene rings is 1. The highest BCUT2D eigenvalue weighted by molar-refractivity contribution is 5.94. The minimum atomic E-state index is -0.556. The smallest absolute Gasteiger partial charge is 0.410 e. The van der Waals surface area contributed by atoms with E-state index in [2.05, 4.69) is 5.32 Å². The van der Waals surface area contributed by atoms with E-state index in [-0.39, 0.29) is 17.6 Å². The summed E-state index contributed by atoms with van der Waals surface area (Å²) in [6, 6.07) is 5.10. The fourth-order valence-corrected chi connectivity index (χ4v) is 2.67. The van der Waals surface area contributed by atoms with Crippen LogP contribution in [0.4, 0.5) is 10.5 Å². The number of aromatic hydroxyl groups is 1. The maximum Gasteiger partial charge on any atom is 0.410 e. The Hall–Kier alpha value is -2.24. The van der Waals surface area contributed by atoms with E-state index in [0.29, 0.717) is 25.2 Å². The Labute approximate surface area is 142 Å². The van der Waals surface area contributed by atoms with Crippen molar-refractivity contribution in [3.05, 3.63) is 23.8 Å². The second kappa shape index (κ2) is 7.11. The monoisotopic (exact) mass is 334 g/mol. The summed E-state index contributed by atoms with van der Waals surface area (Å²) in [5.74, 6) is -0.461. The molecule has 0 saturated carbocycles. The summed E-state index contributed by atoms with van der Waals surface area (Å²) in [5.41, 5.74) is 0.749. The summed E-state index contributed by atoms with van der Waals surface area (Å²) in [5, 5.41) is 12.7. The molecule has 132 valence electrons. The molecule has 1 aliphatic rings. The van der Waals surface area contributed by atoms with Crippen molar-refractivity contribution in [2.45, 2.75) is 46.1 Å². The highest BCUT2D eigenvalue weighted by Gasteiger charge is 2.31. The summed E-state index contributed by atoms with van der Waals surface area (Å²) >= 11 is 0. The van der Waals surface area contributed by atoms with Gasteiger partial charge < -0.3 is 20.1 Å². The van der Waals surface area contributed by atoms with Crippen LogP contribution in [0.2, 0.25) is 0 Å². The molecule has 0 bridgehead atoms. The number of nitrogens with one attached hydrogen (secondary N) is 1. The van der Waals surface area contributed by atoms with E-state index in [4.69, 9.17) is 4.74 Å². The molecular weight excluding hydrogens is 308 g/mol. The maximum atomic E-state index is 12.5. The minimum Gasteiger partial charge on any atom is -0.506 e. The summed E-state index contributed by atoms with van der Waals surface area (Å²) < 4.78 is 5.37. The molecule has 24 heavy (non-hydrogen) atoms. The van der Waals surface area contributed by atoms with Gasteiger partial charge in [-0.25, -0.2) is 4.79 Å². The van der Waals surface area contributed by atoms with Gasteiger partial charge in [-0.3, -0.25) is 4.79 Å². The molecule has 2 N–H and O–H groups in total. The van der Waals surface area contributed by atoms with Crippen molar-refractivity contribution in [3.63, 3.8) is 0 Å². The lowest BCUT2D eigenvalue weighted by atomic mass is 9.97. The van der Waals surface area contributed by atoms with E-state index in [0.717, 1.165) is 12.0 Å². The number of ether oxygens (including phenoxy) is 1. The number of likely N-dealkylation sites (tertiary alicyclic amines) is 1. The first-order valence-corrected chi connectivity index (χ1v) is 8.24. The SMILES string of the molecule is Cc1ccc(NC(=O)[C@@H]2CCCN(C(=O)OC(C)(C)C)C2)c(O)c1. The number of carbonyl (C=O) groups excluding carboxylic acids is 2. The van der Waals surface area contributed by atoms with Gasteiger partial charge in [0.25, 0.3) is 0 Å². The van der Waals surface area contributed by atoms with Gasteiger partial charge >= 0.3 is 6.09 Å². The molecule has 0 aliphatic carbocycles. The van der Waals surface area contributed by atoms with Gasteiger partial charge in [-0.05, 0) is 58.2 Å². The zero-order chi connectivity index (χ0) is 17.9. The number of hydrogen-bond donors (Lipinski definition) is 2. The molecule has 1 aromatic carbocycles. The molecule has 1 heterocycles. The number of nitrogens with zero attached hydrogens (tertiary/aromatic N) is 1. The molecule has 0 spiro atoms. The molecule has 6 nitrogen and oxygen atoms in total. The normalized spacial score (nSPS) is 18.2. The van der Waals surface area contributed by atoms with Crippen LogP contribution < -0.4 is 5.32 Å². The third-order valence-electron chi connectivity index (χ3n) is 3.85. The largest absolute Gasteiger partial charge is 0.506 e. The van der Waals surface area contributed by atoms with Crippen LogP contribution in [-0.4, -0.2) is 40.7 Å². The number of aryl methyl sites for hydroxylation is 1. The number of phenolic OH excluding ortho intramolecular Hbond substituents is 1. The van der Waals surface area contributed by atoms with Crippen molar-refractivity contribution in [2.24, 2.45) is 5.92 Å². The Morgan fingerprint density at radius 2 is 2.04 bits per heavy atom. The van der Waals surface area contributed by atoms with Gasteiger partial charge in [0.15, 0.2) is 0 Å². The standard InChI is InChI=1S/C18H26N2O4/c1-12-7-8-14(15(21)10-12)19-16(22)13-6-5-9-20(11-13)17(23)24-18(2,3)4/h7-8,10,13,21H,5-6,9,11H2,1-4H3,(H,19,22)/t13-/m1/s1. The predicted octanol–water partition coefficient (Wildman–Crippen LogP) is 3.29. The van der Waals surface area contributed by atoms with Crippen LogP contribution in [0.1, 0.15) is 39.2 Å². The highest BCUT2D eigenvalue weighted by atomic mass is 16.6. The zero-order valence-corrected chi connectivity index (χ0v) is 14.8. The zero-order valence-electron chi connectivity index (χ0n) is 14.8. The van der Waals surface area contributed by atoms with Crippen LogP contribution in [0.3, 0.4) is 0 Å². The number of anilines is 1. The molecule has 1 aromatic rings. The van der Waals surface area contributed by atoms with Crippen LogP contribution in [0.25, 0.3) is 0 Å². The summed E-state index contributed by atoms with van der Waals surface area (Å²) in [6.07, 6.45) is 1.06. The Morgan fingerprint density at radius 1 is 1.33 bits per heavy atom. The van der Waals surface area contributed by atoms with Gasteiger partial charge in [0.1, 0.15) is 11.4 Å². The Balaban J connectivity index is 1.98. The second-order valence-corrected chi connectivity index (χ2v) is 7.28. The number of carbonyl (C=O) groups is 2. The number of amides is 2. The Kier molecular flexibility index (Phi) is 5.36. The average molecular weight is 334 g/mol. The number of hydrogen-bond acceptors (Lipinski definition) is 4. The lowest BCUT2D eigenvalue weighted by molar-refractivity contribution is -0.121. The van der Waals surface area contributed by atoms with Crippen molar-refractivity contribution in [3.8, 4) is 5.75 Å². The molecule has 1 saturated heterocycles. The molecule has 0 radical (unpaired) electrons. The molecule has 1 fully saturated rings. The van der Waals surface area contributed by atoms with Gasteiger partial charge in [0.05, 0.1) is 11.6 Å². The lowest BCUT2D eigenvalue weighted by Crippen LogP contribution is -2.45. The number of rotatable bonds is 2. The van der Waals surface area contributed by atoms with E-state index in [1.165, 1.54) is 0 Å². The molecule has 2 rings (SSSR count). The van der Waals surface area contributed by atoms with Crippen molar-refractivity contribution < 1.29 is 19.4 Å².